The van der Waals surface area contributed by atoms with Crippen LogP contribution in [0.25, 0.3) is 10.9 Å². The lowest BCUT2D eigenvalue weighted by Crippen LogP contribution is -2.57. The predicted octanol–water partition coefficient (Wildman–Crippen LogP) is 4.81. The molecule has 1 aromatic heterocycles. The van der Waals surface area contributed by atoms with E-state index in [0.717, 1.165) is 35.8 Å². The molecule has 0 saturated carbocycles. The van der Waals surface area contributed by atoms with Gasteiger partial charge in [-0.25, -0.2) is 22.4 Å². The van der Waals surface area contributed by atoms with Gasteiger partial charge in [-0.3, -0.25) is 14.7 Å². The van der Waals surface area contributed by atoms with E-state index in [1.165, 1.54) is 36.4 Å². The highest BCUT2D eigenvalue weighted by Gasteiger charge is 2.63. The van der Waals surface area contributed by atoms with Crippen molar-refractivity contribution in [2.24, 2.45) is 0 Å². The molecular formula is C37H38N6O6S. The average Bonchev–Trinajstić information content (AvgIpc) is 3.86. The molecule has 2 atom stereocenters. The number of rotatable bonds is 8. The highest BCUT2D eigenvalue weighted by atomic mass is 32.2. The molecule has 2 amide bonds. The van der Waals surface area contributed by atoms with E-state index in [1.807, 2.05) is 18.2 Å². The molecule has 12 nitrogen and oxygen atoms in total. The number of amides is 2. The van der Waals surface area contributed by atoms with E-state index < -0.39 is 33.8 Å². The van der Waals surface area contributed by atoms with Crippen LogP contribution in [0, 0.1) is 11.3 Å². The van der Waals surface area contributed by atoms with Crippen molar-refractivity contribution < 1.29 is 27.5 Å². The molecule has 0 radical (unpaired) electrons. The number of hydrogen-bond acceptors (Lipinski definition) is 10. The maximum absolute atomic E-state index is 15.6. The fourth-order valence-electron chi connectivity index (χ4n) is 7.55. The van der Waals surface area contributed by atoms with Gasteiger partial charge in [0.1, 0.15) is 10.6 Å². The van der Waals surface area contributed by atoms with E-state index >= 15 is 4.79 Å². The summed E-state index contributed by atoms with van der Waals surface area (Å²) in [7, 11) is 0.0520. The van der Waals surface area contributed by atoms with Crippen LogP contribution in [0.5, 0.6) is 5.75 Å². The van der Waals surface area contributed by atoms with E-state index in [4.69, 9.17) is 9.47 Å². The Hall–Kier alpha value is -5.03. The van der Waals surface area contributed by atoms with Gasteiger partial charge in [0.25, 0.3) is 15.9 Å². The van der Waals surface area contributed by atoms with Gasteiger partial charge in [-0.05, 0) is 80.7 Å². The number of nitriles is 1. The number of ether oxygens (including phenoxy) is 2. The van der Waals surface area contributed by atoms with Gasteiger partial charge >= 0.3 is 6.09 Å². The zero-order valence-corrected chi connectivity index (χ0v) is 29.0. The van der Waals surface area contributed by atoms with Crippen LogP contribution in [-0.2, 0) is 31.6 Å². The van der Waals surface area contributed by atoms with Gasteiger partial charge in [0, 0.05) is 49.9 Å². The van der Waals surface area contributed by atoms with Crippen molar-refractivity contribution >= 4 is 38.6 Å². The molecule has 50 heavy (non-hydrogen) atoms. The van der Waals surface area contributed by atoms with Gasteiger partial charge in [-0.15, -0.1) is 0 Å². The van der Waals surface area contributed by atoms with Crippen LogP contribution < -0.4 is 9.04 Å². The number of para-hydroxylation sites is 1. The van der Waals surface area contributed by atoms with Gasteiger partial charge in [-0.1, -0.05) is 30.3 Å². The number of sulfonamides is 1. The summed E-state index contributed by atoms with van der Waals surface area (Å²) in [5.41, 5.74) is 0.316. The number of hydrogen-bond donors (Lipinski definition) is 0. The number of likely N-dealkylation sites (tertiary alicyclic amines) is 2. The van der Waals surface area contributed by atoms with Crippen molar-refractivity contribution in [1.82, 2.24) is 19.7 Å². The molecular weight excluding hydrogens is 657 g/mol. The van der Waals surface area contributed by atoms with Crippen LogP contribution in [0.2, 0.25) is 0 Å². The van der Waals surface area contributed by atoms with Gasteiger partial charge < -0.3 is 14.4 Å². The Bertz CT molecular complexity index is 2140. The fourth-order valence-corrected chi connectivity index (χ4v) is 9.18. The van der Waals surface area contributed by atoms with Gasteiger partial charge in [0.05, 0.1) is 29.9 Å². The summed E-state index contributed by atoms with van der Waals surface area (Å²) < 4.78 is 42.7. The zero-order valence-electron chi connectivity index (χ0n) is 28.2. The number of carbonyl (C=O) groups is 2. The molecule has 0 spiro atoms. The summed E-state index contributed by atoms with van der Waals surface area (Å²) in [4.78, 5) is 38.3. The fraction of sp³-hybridized carbons (Fsp3) is 0.351. The number of benzene rings is 3. The molecule has 4 aromatic rings. The molecule has 1 unspecified atom stereocenters. The van der Waals surface area contributed by atoms with E-state index in [9.17, 15) is 18.5 Å². The highest BCUT2D eigenvalue weighted by molar-refractivity contribution is 7.93. The number of fused-ring (bicyclic) bond motifs is 2. The summed E-state index contributed by atoms with van der Waals surface area (Å²) in [5, 5.41) is 10.7. The topological polar surface area (TPSA) is 136 Å². The normalized spacial score (nSPS) is 21.0. The molecule has 7 rings (SSSR count). The van der Waals surface area contributed by atoms with Gasteiger partial charge in [-0.2, -0.15) is 5.26 Å². The Labute approximate surface area is 291 Å². The number of methoxy groups -OCH3 is 1. The minimum atomic E-state index is -4.61. The maximum atomic E-state index is 15.6. The van der Waals surface area contributed by atoms with Gasteiger partial charge in [0.15, 0.2) is 11.8 Å². The van der Waals surface area contributed by atoms with Crippen LogP contribution in [0.1, 0.15) is 47.9 Å². The summed E-state index contributed by atoms with van der Waals surface area (Å²) in [6.07, 6.45) is 3.22. The van der Waals surface area contributed by atoms with Crippen molar-refractivity contribution in [2.75, 3.05) is 45.1 Å². The van der Waals surface area contributed by atoms with Crippen LogP contribution >= 0.6 is 0 Å². The lowest BCUT2D eigenvalue weighted by Gasteiger charge is -2.41. The van der Waals surface area contributed by atoms with E-state index in [1.54, 1.807) is 49.3 Å². The summed E-state index contributed by atoms with van der Waals surface area (Å²) >= 11 is 0. The molecule has 3 aliphatic heterocycles. The molecule has 13 heteroatoms. The summed E-state index contributed by atoms with van der Waals surface area (Å²) in [5.74, 6) is -0.423. The van der Waals surface area contributed by atoms with Crippen LogP contribution in [0.15, 0.2) is 77.8 Å². The van der Waals surface area contributed by atoms with Crippen LogP contribution in [-0.4, -0.2) is 87.2 Å². The summed E-state index contributed by atoms with van der Waals surface area (Å²) in [6.45, 7) is 2.95. The first-order valence-electron chi connectivity index (χ1n) is 16.6. The van der Waals surface area contributed by atoms with Crippen molar-refractivity contribution in [1.29, 1.82) is 5.26 Å². The minimum Gasteiger partial charge on any atom is -0.496 e. The van der Waals surface area contributed by atoms with Crippen molar-refractivity contribution in [3.63, 3.8) is 0 Å². The number of anilines is 1. The lowest BCUT2D eigenvalue weighted by atomic mass is 9.80. The van der Waals surface area contributed by atoms with Crippen molar-refractivity contribution in [3.05, 3.63) is 95.2 Å². The quantitative estimate of drug-likeness (QED) is 0.253. The molecule has 2 fully saturated rings. The Morgan fingerprint density at radius 2 is 1.80 bits per heavy atom. The molecule has 3 aliphatic rings. The SMILES string of the molecule is COc1cc(CN2CCCC2)ccc1C1(N2CCC[C@@H]2OC(=O)N(C)C)C(=O)N(S(=O)(=O)c2cccc3cccnc23)c2ccc(C#N)cc21. The standard InChI is InChI=1S/C37H38N6O6S/c1-40(2)36(45)49-33-12-8-20-42(33)37(28-15-13-26(22-31(28)48-3)24-41-18-4-5-19-41)29-21-25(23-38)14-16-30(29)43(35(37)44)50(46,47)32-11-6-9-27-10-7-17-39-34(27)32/h6-7,9-11,13-17,21-22,33H,4-5,8,12,18-20,24H2,1-3H3/t33-,37?/m0/s1. The van der Waals surface area contributed by atoms with Crippen molar-refractivity contribution in [2.45, 2.75) is 48.9 Å². The third kappa shape index (κ3) is 5.35. The van der Waals surface area contributed by atoms with Crippen molar-refractivity contribution in [3.8, 4) is 11.8 Å². The number of carbonyl (C=O) groups excluding carboxylic acids is 2. The molecule has 258 valence electrons. The first-order chi connectivity index (χ1) is 24.1. The molecule has 3 aromatic carbocycles. The van der Waals surface area contributed by atoms with Crippen LogP contribution in [0.3, 0.4) is 0 Å². The van der Waals surface area contributed by atoms with Gasteiger partial charge in [0.2, 0.25) is 0 Å². The third-order valence-corrected chi connectivity index (χ3v) is 11.6. The smallest absolute Gasteiger partial charge is 0.410 e. The Morgan fingerprint density at radius 1 is 1.02 bits per heavy atom. The molecule has 2 saturated heterocycles. The number of nitrogens with zero attached hydrogens (tertiary/aromatic N) is 6. The number of aromatic nitrogens is 1. The number of pyridine rings is 1. The first kappa shape index (κ1) is 33.5. The predicted molar refractivity (Wildman–Crippen MR) is 186 cm³/mol. The highest BCUT2D eigenvalue weighted by Crippen LogP contribution is 2.55. The monoisotopic (exact) mass is 694 g/mol. The molecule has 0 N–H and O–H groups in total. The Morgan fingerprint density at radius 3 is 2.54 bits per heavy atom. The first-order valence-corrected chi connectivity index (χ1v) is 18.1. The lowest BCUT2D eigenvalue weighted by molar-refractivity contribution is -0.132. The van der Waals surface area contributed by atoms with E-state index in [0.29, 0.717) is 36.1 Å². The largest absolute Gasteiger partial charge is 0.496 e. The second-order valence-corrected chi connectivity index (χ2v) is 14.8. The second-order valence-electron chi connectivity index (χ2n) is 13.0. The van der Waals surface area contributed by atoms with Crippen LogP contribution in [0.4, 0.5) is 10.5 Å². The Balaban J connectivity index is 1.49. The van der Waals surface area contributed by atoms with E-state index in [-0.39, 0.29) is 33.8 Å². The molecule has 0 bridgehead atoms. The minimum absolute atomic E-state index is 0.0923. The van der Waals surface area contributed by atoms with E-state index in [2.05, 4.69) is 16.0 Å². The second kappa shape index (κ2) is 13.0. The maximum Gasteiger partial charge on any atom is 0.410 e. The Kier molecular flexibility index (Phi) is 8.71. The summed E-state index contributed by atoms with van der Waals surface area (Å²) in [6, 6.07) is 20.6. The molecule has 0 aliphatic carbocycles. The average molecular weight is 695 g/mol. The zero-order chi connectivity index (χ0) is 35.2. The molecule has 4 heterocycles. The third-order valence-electron chi connectivity index (χ3n) is 9.83.